The van der Waals surface area contributed by atoms with E-state index in [0.29, 0.717) is 22.9 Å². The van der Waals surface area contributed by atoms with Crippen LogP contribution in [0.25, 0.3) is 0 Å². The lowest BCUT2D eigenvalue weighted by molar-refractivity contribution is -0.143. The minimum absolute atomic E-state index is 0.0786. The molecular formula is C40H39ClN2O6. The van der Waals surface area contributed by atoms with Crippen LogP contribution in [-0.2, 0) is 24.6 Å². The molecule has 0 radical (unpaired) electrons. The molecule has 3 aliphatic carbocycles. The number of amides is 4. The molecule has 0 bridgehead atoms. The number of carbonyl (C=O) groups excluding carboxylic acids is 4. The van der Waals surface area contributed by atoms with Crippen LogP contribution in [0.2, 0.25) is 5.02 Å². The number of hydrogen-bond donors (Lipinski definition) is 1. The molecule has 6 atom stereocenters. The van der Waals surface area contributed by atoms with Crippen LogP contribution in [0.4, 0.5) is 5.69 Å². The second kappa shape index (κ2) is 12.6. The Bertz CT molecular complexity index is 1840. The predicted octanol–water partition coefficient (Wildman–Crippen LogP) is 6.21. The van der Waals surface area contributed by atoms with Gasteiger partial charge in [-0.2, -0.15) is 0 Å². The van der Waals surface area contributed by atoms with Gasteiger partial charge in [0.15, 0.2) is 0 Å². The van der Waals surface area contributed by atoms with E-state index in [1.165, 1.54) is 4.90 Å². The topological polar surface area (TPSA) is 104 Å². The summed E-state index contributed by atoms with van der Waals surface area (Å²) < 4.78 is 5.68. The second-order valence-electron chi connectivity index (χ2n) is 14.1. The Kier molecular flexibility index (Phi) is 8.19. The molecule has 3 aromatic carbocycles. The van der Waals surface area contributed by atoms with Crippen molar-refractivity contribution >= 4 is 40.9 Å². The van der Waals surface area contributed by atoms with Crippen molar-refractivity contribution < 1.29 is 29.0 Å². The number of anilines is 1. The molecule has 1 N–H and O–H groups in total. The zero-order chi connectivity index (χ0) is 33.9. The summed E-state index contributed by atoms with van der Waals surface area (Å²) in [6.07, 6.45) is 7.56. The van der Waals surface area contributed by atoms with Crippen LogP contribution in [0, 0.1) is 23.7 Å². The van der Waals surface area contributed by atoms with Crippen LogP contribution in [0.5, 0.6) is 5.75 Å². The lowest BCUT2D eigenvalue weighted by Crippen LogP contribution is -2.53. The van der Waals surface area contributed by atoms with Crippen molar-refractivity contribution in [2.24, 2.45) is 23.7 Å². The van der Waals surface area contributed by atoms with Crippen LogP contribution < -0.4 is 9.64 Å². The quantitative estimate of drug-likeness (QED) is 0.236. The summed E-state index contributed by atoms with van der Waals surface area (Å²) in [7, 11) is 0. The highest BCUT2D eigenvalue weighted by atomic mass is 35.5. The summed E-state index contributed by atoms with van der Waals surface area (Å²) in [5.74, 6) is -3.15. The average Bonchev–Trinajstić information content (AvgIpc) is 3.52. The number of nitrogens with zero attached hydrogens (tertiary/aromatic N) is 2. The van der Waals surface area contributed by atoms with Gasteiger partial charge in [0.1, 0.15) is 12.4 Å². The minimum atomic E-state index is -1.32. The molecule has 0 spiro atoms. The fraction of sp³-hybridized carbons (Fsp3) is 0.400. The maximum atomic E-state index is 15.3. The van der Waals surface area contributed by atoms with Crippen LogP contribution in [0.3, 0.4) is 0 Å². The number of hydrogen-bond acceptors (Lipinski definition) is 6. The zero-order valence-electron chi connectivity index (χ0n) is 27.2. The van der Waals surface area contributed by atoms with Crippen LogP contribution in [-0.4, -0.2) is 52.9 Å². The molecule has 0 aromatic heterocycles. The second-order valence-corrected chi connectivity index (χ2v) is 14.5. The van der Waals surface area contributed by atoms with Gasteiger partial charge in [0, 0.05) is 17.0 Å². The third-order valence-electron chi connectivity index (χ3n) is 11.7. The maximum absolute atomic E-state index is 15.3. The first-order valence-electron chi connectivity index (χ1n) is 17.5. The van der Waals surface area contributed by atoms with E-state index < -0.39 is 35.0 Å². The van der Waals surface area contributed by atoms with Crippen molar-refractivity contribution in [1.29, 1.82) is 0 Å². The highest BCUT2D eigenvalue weighted by molar-refractivity contribution is 6.32. The molecule has 2 heterocycles. The lowest BCUT2D eigenvalue weighted by atomic mass is 9.49. The maximum Gasteiger partial charge on any atom is 0.246 e. The van der Waals surface area contributed by atoms with E-state index >= 15 is 4.79 Å². The number of likely N-dealkylation sites (tertiary alicyclic amines) is 1. The normalized spacial score (nSPS) is 29.8. The molecular weight excluding hydrogens is 640 g/mol. The Morgan fingerprint density at radius 3 is 2.31 bits per heavy atom. The Hall–Kier alpha value is -4.27. The fourth-order valence-corrected chi connectivity index (χ4v) is 9.95. The van der Waals surface area contributed by atoms with Crippen molar-refractivity contribution in [1.82, 2.24) is 4.90 Å². The number of imide groups is 2. The van der Waals surface area contributed by atoms with Crippen LogP contribution >= 0.6 is 11.6 Å². The summed E-state index contributed by atoms with van der Waals surface area (Å²) in [4.78, 5) is 61.5. The van der Waals surface area contributed by atoms with Crippen molar-refractivity contribution in [2.75, 3.05) is 18.1 Å². The van der Waals surface area contributed by atoms with E-state index in [1.807, 2.05) is 54.6 Å². The van der Waals surface area contributed by atoms with Crippen molar-refractivity contribution in [3.05, 3.63) is 107 Å². The van der Waals surface area contributed by atoms with Gasteiger partial charge in [0.2, 0.25) is 23.6 Å². The van der Waals surface area contributed by atoms with Crippen LogP contribution in [0.15, 0.2) is 90.5 Å². The molecule has 8 rings (SSSR count). The van der Waals surface area contributed by atoms with Crippen molar-refractivity contribution in [3.8, 4) is 5.75 Å². The number of rotatable bonds is 7. The van der Waals surface area contributed by atoms with Crippen LogP contribution in [0.1, 0.15) is 62.0 Å². The van der Waals surface area contributed by atoms with E-state index in [-0.39, 0.29) is 49.3 Å². The third-order valence-corrected chi connectivity index (χ3v) is 11.9. The molecule has 0 unspecified atom stereocenters. The minimum Gasteiger partial charge on any atom is -0.491 e. The monoisotopic (exact) mass is 678 g/mol. The lowest BCUT2D eigenvalue weighted by Gasteiger charge is -2.50. The SMILES string of the molecule is O=C1[C@@H]2C[C@@H]3C(=CC[C@@H]4C(=O)N(C5CCCCC5)C(=O)[C@@H]43)[C@H](c3ccc(OCCO)cc3)[C@]2(c2ccccc2)C(=O)N1c1cccc(Cl)c1. The van der Waals surface area contributed by atoms with Gasteiger partial charge in [-0.3, -0.25) is 24.1 Å². The highest BCUT2D eigenvalue weighted by Crippen LogP contribution is 2.64. The van der Waals surface area contributed by atoms with Gasteiger partial charge in [-0.25, -0.2) is 4.90 Å². The van der Waals surface area contributed by atoms with E-state index in [1.54, 1.807) is 29.2 Å². The summed E-state index contributed by atoms with van der Waals surface area (Å²) in [5, 5.41) is 9.73. The molecule has 49 heavy (non-hydrogen) atoms. The third kappa shape index (κ3) is 4.89. The number of allylic oxidation sites excluding steroid dienone is 2. The number of ether oxygens (including phenoxy) is 1. The van der Waals surface area contributed by atoms with Gasteiger partial charge in [0.05, 0.1) is 35.5 Å². The van der Waals surface area contributed by atoms with Gasteiger partial charge < -0.3 is 9.84 Å². The van der Waals surface area contributed by atoms with Gasteiger partial charge >= 0.3 is 0 Å². The molecule has 8 nitrogen and oxygen atoms in total. The molecule has 252 valence electrons. The molecule has 2 saturated heterocycles. The van der Waals surface area contributed by atoms with E-state index in [9.17, 15) is 19.5 Å². The fourth-order valence-electron chi connectivity index (χ4n) is 9.76. The van der Waals surface area contributed by atoms with Crippen molar-refractivity contribution in [3.63, 3.8) is 0 Å². The number of aliphatic hydroxyl groups excluding tert-OH is 1. The van der Waals surface area contributed by atoms with Gasteiger partial charge in [-0.05, 0) is 73.1 Å². The average molecular weight is 679 g/mol. The van der Waals surface area contributed by atoms with E-state index in [0.717, 1.165) is 48.8 Å². The molecule has 2 aliphatic heterocycles. The van der Waals surface area contributed by atoms with E-state index in [4.69, 9.17) is 16.3 Å². The summed E-state index contributed by atoms with van der Waals surface area (Å²) in [6.45, 7) is 0.0190. The van der Waals surface area contributed by atoms with Gasteiger partial charge in [0.25, 0.3) is 0 Å². The summed E-state index contributed by atoms with van der Waals surface area (Å²) >= 11 is 6.41. The first kappa shape index (κ1) is 32.0. The predicted molar refractivity (Wildman–Crippen MR) is 184 cm³/mol. The largest absolute Gasteiger partial charge is 0.491 e. The molecule has 3 aromatic rings. The number of halogens is 1. The van der Waals surface area contributed by atoms with Gasteiger partial charge in [-0.15, -0.1) is 0 Å². The molecule has 9 heteroatoms. The molecule has 2 saturated carbocycles. The van der Waals surface area contributed by atoms with Crippen molar-refractivity contribution in [2.45, 2.75) is 62.3 Å². The zero-order valence-corrected chi connectivity index (χ0v) is 27.9. The number of benzene rings is 3. The first-order chi connectivity index (χ1) is 23.9. The smallest absolute Gasteiger partial charge is 0.246 e. The van der Waals surface area contributed by atoms with E-state index in [2.05, 4.69) is 6.08 Å². The van der Waals surface area contributed by atoms with Gasteiger partial charge in [-0.1, -0.05) is 91.0 Å². The Morgan fingerprint density at radius 2 is 1.59 bits per heavy atom. The highest BCUT2D eigenvalue weighted by Gasteiger charge is 2.70. The Balaban J connectivity index is 1.31. The first-order valence-corrected chi connectivity index (χ1v) is 17.8. The number of carbonyl (C=O) groups is 4. The number of fused-ring (bicyclic) bond motifs is 4. The Morgan fingerprint density at radius 1 is 0.837 bits per heavy atom. The molecule has 5 aliphatic rings. The number of aliphatic hydroxyl groups is 1. The standard InChI is InChI=1S/C40H39ClN2O6/c41-26-10-7-13-28(22-26)43-37(46)33-23-32-30(18-19-31-34(32)38(47)42(36(31)45)27-11-5-2-6-12-27)35(24-14-16-29(17-15-24)49-21-20-44)40(33,39(43)48)25-8-3-1-4-9-25/h1,3-4,7-10,13-18,22,27,31-35,44H,2,5-6,11-12,19-21,23H2/t31-,32+,33-,34-,35-,40+/m0/s1. The summed E-state index contributed by atoms with van der Waals surface area (Å²) in [5.41, 5.74) is 1.57. The Labute approximate surface area is 290 Å². The molecule has 4 amide bonds. The molecule has 4 fully saturated rings. The summed E-state index contributed by atoms with van der Waals surface area (Å²) in [6, 6.07) is 23.7.